The highest BCUT2D eigenvalue weighted by molar-refractivity contribution is 6.64. The fourth-order valence-corrected chi connectivity index (χ4v) is 5.50. The van der Waals surface area contributed by atoms with Gasteiger partial charge in [-0.25, -0.2) is 0 Å². The maximum Gasteiger partial charge on any atom is 0.424 e. The number of hydrogen-bond acceptors (Lipinski definition) is 3. The molecule has 0 aliphatic heterocycles. The molecule has 0 amide bonds. The smallest absolute Gasteiger partial charge is 0.383 e. The van der Waals surface area contributed by atoms with Gasteiger partial charge >= 0.3 is 8.72 Å². The second kappa shape index (κ2) is 7.51. The fourth-order valence-electron chi connectivity index (χ4n) is 2.71. The summed E-state index contributed by atoms with van der Waals surface area (Å²) >= 11 is 0. The van der Waals surface area contributed by atoms with Crippen molar-refractivity contribution in [3.05, 3.63) is 0 Å². The summed E-state index contributed by atoms with van der Waals surface area (Å²) < 4.78 is 12.0. The van der Waals surface area contributed by atoms with Crippen LogP contribution in [0.4, 0.5) is 0 Å². The van der Waals surface area contributed by atoms with Crippen LogP contribution in [0.5, 0.6) is 0 Å². The van der Waals surface area contributed by atoms with Gasteiger partial charge in [0, 0.05) is 25.3 Å². The molecule has 2 unspecified atom stereocenters. The molecule has 2 atom stereocenters. The molecule has 0 aromatic heterocycles. The summed E-state index contributed by atoms with van der Waals surface area (Å²) in [4.78, 5) is 3.77. The lowest BCUT2D eigenvalue weighted by Gasteiger charge is -2.38. The monoisotopic (exact) mass is 259 g/mol. The Morgan fingerprint density at radius 1 is 1.06 bits per heavy atom. The molecular formula is C13H29NO2Si. The maximum atomic E-state index is 5.98. The predicted octanol–water partition coefficient (Wildman–Crippen LogP) is 3.19. The normalized spacial score (nSPS) is 26.1. The molecule has 1 saturated carbocycles. The van der Waals surface area contributed by atoms with Gasteiger partial charge in [-0.2, -0.15) is 0 Å². The quantitative estimate of drug-likeness (QED) is 0.712. The highest BCUT2D eigenvalue weighted by atomic mass is 28.4. The zero-order chi connectivity index (χ0) is 12.7. The van der Waals surface area contributed by atoms with Gasteiger partial charge in [-0.05, 0) is 32.6 Å². The van der Waals surface area contributed by atoms with Crippen molar-refractivity contribution in [3.8, 4) is 0 Å². The summed E-state index contributed by atoms with van der Waals surface area (Å²) in [6, 6.07) is 1.58. The summed E-state index contributed by atoms with van der Waals surface area (Å²) in [5.74, 6) is 0.753. The van der Waals surface area contributed by atoms with Gasteiger partial charge in [0.25, 0.3) is 0 Å². The van der Waals surface area contributed by atoms with E-state index in [-0.39, 0.29) is 0 Å². The van der Waals surface area contributed by atoms with Crippen molar-refractivity contribution in [1.82, 2.24) is 4.98 Å². The van der Waals surface area contributed by atoms with Gasteiger partial charge in [-0.3, -0.25) is 4.98 Å². The van der Waals surface area contributed by atoms with E-state index in [4.69, 9.17) is 8.85 Å². The zero-order valence-electron chi connectivity index (χ0n) is 11.9. The minimum atomic E-state index is -2.15. The van der Waals surface area contributed by atoms with Crippen molar-refractivity contribution in [2.45, 2.75) is 65.5 Å². The van der Waals surface area contributed by atoms with Crippen LogP contribution in [-0.2, 0) is 8.85 Å². The van der Waals surface area contributed by atoms with Crippen LogP contribution in [0.15, 0.2) is 0 Å². The van der Waals surface area contributed by atoms with E-state index >= 15 is 0 Å². The van der Waals surface area contributed by atoms with Gasteiger partial charge in [-0.15, -0.1) is 0 Å². The molecular weight excluding hydrogens is 230 g/mol. The average Bonchev–Trinajstić information content (AvgIpc) is 2.33. The van der Waals surface area contributed by atoms with Crippen LogP contribution >= 0.6 is 0 Å². The first-order valence-electron chi connectivity index (χ1n) is 7.23. The molecule has 0 saturated heterocycles. The van der Waals surface area contributed by atoms with E-state index in [2.05, 4.69) is 32.7 Å². The third-order valence-corrected chi connectivity index (χ3v) is 6.99. The third kappa shape index (κ3) is 4.36. The third-order valence-electron chi connectivity index (χ3n) is 3.74. The van der Waals surface area contributed by atoms with Crippen molar-refractivity contribution in [3.63, 3.8) is 0 Å². The Hall–Kier alpha value is 0.0969. The van der Waals surface area contributed by atoms with Crippen molar-refractivity contribution >= 4 is 8.72 Å². The van der Waals surface area contributed by atoms with Crippen LogP contribution in [-0.4, -0.2) is 28.0 Å². The van der Waals surface area contributed by atoms with E-state index in [9.17, 15) is 0 Å². The second-order valence-corrected chi connectivity index (χ2v) is 8.06. The molecule has 17 heavy (non-hydrogen) atoms. The molecule has 1 aliphatic carbocycles. The molecule has 0 aromatic rings. The van der Waals surface area contributed by atoms with Crippen LogP contribution in [0.3, 0.4) is 0 Å². The highest BCUT2D eigenvalue weighted by Crippen LogP contribution is 2.26. The Bertz CT molecular complexity index is 208. The molecule has 0 bridgehead atoms. The van der Waals surface area contributed by atoms with Gasteiger partial charge in [-0.1, -0.05) is 26.7 Å². The molecule has 0 spiro atoms. The summed E-state index contributed by atoms with van der Waals surface area (Å²) in [5, 5.41) is 0. The first-order valence-corrected chi connectivity index (χ1v) is 9.25. The van der Waals surface area contributed by atoms with E-state index in [1.807, 2.05) is 0 Å². The molecule has 1 rings (SSSR count). The summed E-state index contributed by atoms with van der Waals surface area (Å²) in [6.45, 7) is 10.1. The minimum Gasteiger partial charge on any atom is -0.383 e. The molecule has 1 N–H and O–H groups in total. The molecule has 4 heteroatoms. The predicted molar refractivity (Wildman–Crippen MR) is 74.0 cm³/mol. The molecule has 3 nitrogen and oxygen atoms in total. The molecule has 0 radical (unpaired) electrons. The van der Waals surface area contributed by atoms with Crippen LogP contribution in [0, 0.1) is 5.92 Å². The number of rotatable bonds is 7. The molecule has 1 fully saturated rings. The Kier molecular flexibility index (Phi) is 6.70. The fraction of sp³-hybridized carbons (Fsp3) is 1.00. The van der Waals surface area contributed by atoms with Crippen molar-refractivity contribution < 1.29 is 8.85 Å². The van der Waals surface area contributed by atoms with Crippen LogP contribution in [0.2, 0.25) is 6.04 Å². The molecule has 102 valence electrons. The van der Waals surface area contributed by atoms with Gasteiger partial charge in [0.05, 0.1) is 0 Å². The minimum absolute atomic E-state index is 0.591. The first kappa shape index (κ1) is 15.2. The van der Waals surface area contributed by atoms with Crippen LogP contribution < -0.4 is 4.98 Å². The maximum absolute atomic E-state index is 5.98. The lowest BCUT2D eigenvalue weighted by Crippen LogP contribution is -2.61. The van der Waals surface area contributed by atoms with Gasteiger partial charge < -0.3 is 8.85 Å². The molecule has 0 aromatic carbocycles. The van der Waals surface area contributed by atoms with Gasteiger partial charge in [0.1, 0.15) is 0 Å². The standard InChI is InChI=1S/C13H29NO2Si/c1-5-15-17(7-3,16-6-2)14-13-11-9-8-10-12(13)4/h12-14H,5-11H2,1-4H3. The lowest BCUT2D eigenvalue weighted by atomic mass is 9.87. The Morgan fingerprint density at radius 2 is 1.65 bits per heavy atom. The topological polar surface area (TPSA) is 30.5 Å². The van der Waals surface area contributed by atoms with Crippen molar-refractivity contribution in [2.75, 3.05) is 13.2 Å². The zero-order valence-corrected chi connectivity index (χ0v) is 12.9. The SMILES string of the molecule is CCO[Si](CC)(NC1CCCCC1C)OCC. The van der Waals surface area contributed by atoms with E-state index < -0.39 is 8.72 Å². The molecule has 1 aliphatic rings. The molecule has 0 heterocycles. The van der Waals surface area contributed by atoms with E-state index in [1.165, 1.54) is 25.7 Å². The van der Waals surface area contributed by atoms with Crippen LogP contribution in [0.25, 0.3) is 0 Å². The number of hydrogen-bond donors (Lipinski definition) is 1. The van der Waals surface area contributed by atoms with Gasteiger partial charge in [0.15, 0.2) is 0 Å². The second-order valence-electron chi connectivity index (χ2n) is 4.99. The Balaban J connectivity index is 2.62. The lowest BCUT2D eigenvalue weighted by molar-refractivity contribution is 0.156. The van der Waals surface area contributed by atoms with E-state index in [0.717, 1.165) is 25.2 Å². The largest absolute Gasteiger partial charge is 0.424 e. The summed E-state index contributed by atoms with van der Waals surface area (Å²) in [6.07, 6.45) is 5.33. The van der Waals surface area contributed by atoms with Crippen LogP contribution in [0.1, 0.15) is 53.4 Å². The Labute approximate surface area is 108 Å². The van der Waals surface area contributed by atoms with Crippen molar-refractivity contribution in [1.29, 1.82) is 0 Å². The first-order chi connectivity index (χ1) is 8.17. The summed E-state index contributed by atoms with van der Waals surface area (Å²) in [7, 11) is -2.15. The van der Waals surface area contributed by atoms with E-state index in [0.29, 0.717) is 6.04 Å². The van der Waals surface area contributed by atoms with Crippen molar-refractivity contribution in [2.24, 2.45) is 5.92 Å². The Morgan fingerprint density at radius 3 is 2.12 bits per heavy atom. The van der Waals surface area contributed by atoms with E-state index in [1.54, 1.807) is 0 Å². The highest BCUT2D eigenvalue weighted by Gasteiger charge is 2.39. The summed E-state index contributed by atoms with van der Waals surface area (Å²) in [5.41, 5.74) is 0. The van der Waals surface area contributed by atoms with Gasteiger partial charge in [0.2, 0.25) is 0 Å². The number of nitrogens with one attached hydrogen (secondary N) is 1. The average molecular weight is 259 g/mol.